The summed E-state index contributed by atoms with van der Waals surface area (Å²) in [7, 11) is -2.39. The van der Waals surface area contributed by atoms with Gasteiger partial charge in [-0.3, -0.25) is 9.78 Å². The van der Waals surface area contributed by atoms with Crippen LogP contribution in [0.15, 0.2) is 59.8 Å². The number of hydrogen-bond acceptors (Lipinski definition) is 6. The van der Waals surface area contributed by atoms with Gasteiger partial charge in [0, 0.05) is 12.4 Å². The van der Waals surface area contributed by atoms with Gasteiger partial charge in [0.2, 0.25) is 0 Å². The van der Waals surface area contributed by atoms with Gasteiger partial charge < -0.3 is 10.1 Å². The van der Waals surface area contributed by atoms with Gasteiger partial charge in [0.25, 0.3) is 5.91 Å². The van der Waals surface area contributed by atoms with Gasteiger partial charge in [0.1, 0.15) is 6.04 Å². The Labute approximate surface area is 146 Å². The van der Waals surface area contributed by atoms with Crippen molar-refractivity contribution in [1.82, 2.24) is 10.3 Å². The van der Waals surface area contributed by atoms with Crippen molar-refractivity contribution >= 4 is 21.7 Å². The number of benzene rings is 1. The van der Waals surface area contributed by atoms with Crippen LogP contribution in [0.5, 0.6) is 0 Å². The minimum Gasteiger partial charge on any atom is -0.467 e. The molecule has 1 N–H and O–H groups in total. The summed E-state index contributed by atoms with van der Waals surface area (Å²) < 4.78 is 29.3. The van der Waals surface area contributed by atoms with Crippen LogP contribution in [-0.2, 0) is 19.4 Å². The number of rotatable bonds is 7. The molecule has 2 aromatic rings. The first-order chi connectivity index (χ1) is 11.9. The molecule has 8 heteroatoms. The van der Waals surface area contributed by atoms with Gasteiger partial charge in [-0.25, -0.2) is 13.2 Å². The molecule has 0 radical (unpaired) electrons. The molecule has 1 atom stereocenters. The molecule has 1 aromatic heterocycles. The molecule has 0 unspecified atom stereocenters. The highest BCUT2D eigenvalue weighted by atomic mass is 32.2. The number of amides is 1. The number of carbonyl (C=O) groups excluding carboxylic acids is 2. The van der Waals surface area contributed by atoms with Crippen molar-refractivity contribution in [2.75, 3.05) is 12.9 Å². The Morgan fingerprint density at radius 2 is 1.88 bits per heavy atom. The van der Waals surface area contributed by atoms with E-state index in [1.54, 1.807) is 24.3 Å². The number of methoxy groups -OCH3 is 1. The van der Waals surface area contributed by atoms with E-state index in [0.29, 0.717) is 0 Å². The summed E-state index contributed by atoms with van der Waals surface area (Å²) in [5.74, 6) is -1.54. The van der Waals surface area contributed by atoms with Crippen LogP contribution in [0.4, 0.5) is 0 Å². The number of nitrogens with zero attached hydrogens (tertiary/aromatic N) is 1. The molecule has 0 bridgehead atoms. The van der Waals surface area contributed by atoms with Crippen LogP contribution in [0, 0.1) is 0 Å². The Kier molecular flexibility index (Phi) is 6.24. The summed E-state index contributed by atoms with van der Waals surface area (Å²) in [4.78, 5) is 28.0. The second-order valence-corrected chi connectivity index (χ2v) is 7.32. The molecule has 0 aliphatic carbocycles. The van der Waals surface area contributed by atoms with E-state index in [1.807, 2.05) is 0 Å². The third kappa shape index (κ3) is 5.12. The average molecular weight is 362 g/mol. The van der Waals surface area contributed by atoms with E-state index in [9.17, 15) is 18.0 Å². The van der Waals surface area contributed by atoms with Gasteiger partial charge in [-0.2, -0.15) is 0 Å². The van der Waals surface area contributed by atoms with Gasteiger partial charge in [-0.1, -0.05) is 18.2 Å². The zero-order valence-electron chi connectivity index (χ0n) is 13.6. The lowest BCUT2D eigenvalue weighted by Gasteiger charge is -2.16. The van der Waals surface area contributed by atoms with E-state index >= 15 is 0 Å². The van der Waals surface area contributed by atoms with Crippen molar-refractivity contribution in [2.24, 2.45) is 0 Å². The second kappa shape index (κ2) is 8.39. The minimum absolute atomic E-state index is 0.101. The monoisotopic (exact) mass is 362 g/mol. The quantitative estimate of drug-likeness (QED) is 0.743. The zero-order chi connectivity index (χ0) is 18.3. The molecule has 2 rings (SSSR count). The molecule has 0 saturated heterocycles. The lowest BCUT2D eigenvalue weighted by Crippen LogP contribution is -2.42. The maximum absolute atomic E-state index is 12.3. The van der Waals surface area contributed by atoms with E-state index in [0.717, 1.165) is 0 Å². The molecule has 0 fully saturated rings. The van der Waals surface area contributed by atoms with Crippen LogP contribution in [0.2, 0.25) is 0 Å². The summed E-state index contributed by atoms with van der Waals surface area (Å²) in [6.45, 7) is 0. The maximum atomic E-state index is 12.3. The van der Waals surface area contributed by atoms with Crippen molar-refractivity contribution in [1.29, 1.82) is 0 Å². The third-order valence-corrected chi connectivity index (χ3v) is 5.26. The first-order valence-corrected chi connectivity index (χ1v) is 9.16. The minimum atomic E-state index is -3.57. The first-order valence-electron chi connectivity index (χ1n) is 7.50. The normalized spacial score (nSPS) is 12.2. The Morgan fingerprint density at radius 3 is 2.48 bits per heavy atom. The number of carbonyl (C=O) groups is 2. The molecule has 1 amide bonds. The fraction of sp³-hybridized carbons (Fsp3) is 0.235. The van der Waals surface area contributed by atoms with Crippen molar-refractivity contribution in [3.05, 3.63) is 60.4 Å². The van der Waals surface area contributed by atoms with Gasteiger partial charge in [-0.15, -0.1) is 0 Å². The molecule has 1 aromatic carbocycles. The summed E-state index contributed by atoms with van der Waals surface area (Å²) in [6, 6.07) is 9.97. The molecular formula is C17H18N2O5S. The lowest BCUT2D eigenvalue weighted by molar-refractivity contribution is -0.142. The van der Waals surface area contributed by atoms with Gasteiger partial charge in [0.05, 0.1) is 23.3 Å². The zero-order valence-corrected chi connectivity index (χ0v) is 14.4. The highest BCUT2D eigenvalue weighted by Gasteiger charge is 2.25. The SMILES string of the molecule is COC(=O)[C@H](CCS(=O)(=O)c1ccccc1)NC(=O)c1cccnc1. The van der Waals surface area contributed by atoms with Crippen molar-refractivity contribution in [2.45, 2.75) is 17.4 Å². The molecule has 132 valence electrons. The molecule has 1 heterocycles. The molecule has 0 spiro atoms. The fourth-order valence-corrected chi connectivity index (χ4v) is 3.50. The van der Waals surface area contributed by atoms with Gasteiger partial charge in [-0.05, 0) is 30.7 Å². The summed E-state index contributed by atoms with van der Waals surface area (Å²) in [6.07, 6.45) is 2.77. The van der Waals surface area contributed by atoms with Crippen LogP contribution in [0.3, 0.4) is 0 Å². The van der Waals surface area contributed by atoms with Crippen molar-refractivity contribution in [3.8, 4) is 0 Å². The van der Waals surface area contributed by atoms with Crippen LogP contribution in [-0.4, -0.2) is 44.2 Å². The Hall–Kier alpha value is -2.74. The van der Waals surface area contributed by atoms with Crippen LogP contribution in [0.1, 0.15) is 16.8 Å². The molecule has 0 saturated carbocycles. The lowest BCUT2D eigenvalue weighted by atomic mass is 10.2. The third-order valence-electron chi connectivity index (χ3n) is 3.49. The predicted octanol–water partition coefficient (Wildman–Crippen LogP) is 1.22. The van der Waals surface area contributed by atoms with Crippen LogP contribution < -0.4 is 5.32 Å². The number of hydrogen-bond donors (Lipinski definition) is 1. The second-order valence-electron chi connectivity index (χ2n) is 5.21. The van der Waals surface area contributed by atoms with E-state index in [-0.39, 0.29) is 22.6 Å². The van der Waals surface area contributed by atoms with Gasteiger partial charge >= 0.3 is 5.97 Å². The van der Waals surface area contributed by atoms with Crippen molar-refractivity contribution < 1.29 is 22.7 Å². The highest BCUT2D eigenvalue weighted by Crippen LogP contribution is 2.13. The highest BCUT2D eigenvalue weighted by molar-refractivity contribution is 7.91. The molecule has 0 aliphatic heterocycles. The molecule has 0 aliphatic rings. The van der Waals surface area contributed by atoms with E-state index < -0.39 is 27.8 Å². The molecule has 7 nitrogen and oxygen atoms in total. The number of aromatic nitrogens is 1. The Balaban J connectivity index is 2.08. The molecule has 25 heavy (non-hydrogen) atoms. The number of nitrogens with one attached hydrogen (secondary N) is 1. The Morgan fingerprint density at radius 1 is 1.16 bits per heavy atom. The number of ether oxygens (including phenoxy) is 1. The maximum Gasteiger partial charge on any atom is 0.328 e. The van der Waals surface area contributed by atoms with Gasteiger partial charge in [0.15, 0.2) is 9.84 Å². The smallest absolute Gasteiger partial charge is 0.328 e. The summed E-state index contributed by atoms with van der Waals surface area (Å²) in [5, 5.41) is 2.49. The first kappa shape index (κ1) is 18.6. The van der Waals surface area contributed by atoms with E-state index in [1.165, 1.54) is 37.7 Å². The van der Waals surface area contributed by atoms with Crippen molar-refractivity contribution in [3.63, 3.8) is 0 Å². The van der Waals surface area contributed by atoms with E-state index in [4.69, 9.17) is 0 Å². The van der Waals surface area contributed by atoms with Crippen LogP contribution >= 0.6 is 0 Å². The number of sulfone groups is 1. The molecular weight excluding hydrogens is 344 g/mol. The van der Waals surface area contributed by atoms with E-state index in [2.05, 4.69) is 15.0 Å². The fourth-order valence-electron chi connectivity index (χ4n) is 2.15. The average Bonchev–Trinajstić information content (AvgIpc) is 2.65. The summed E-state index contributed by atoms with van der Waals surface area (Å²) >= 11 is 0. The largest absolute Gasteiger partial charge is 0.467 e. The van der Waals surface area contributed by atoms with Crippen LogP contribution in [0.25, 0.3) is 0 Å². The summed E-state index contributed by atoms with van der Waals surface area (Å²) in [5.41, 5.74) is 0.266. The topological polar surface area (TPSA) is 102 Å². The number of esters is 1. The Bertz CT molecular complexity index is 823. The predicted molar refractivity (Wildman–Crippen MR) is 90.6 cm³/mol. The number of pyridine rings is 1. The standard InChI is InChI=1S/C17H18N2O5S/c1-24-17(21)15(19-16(20)13-6-5-10-18-12-13)9-11-25(22,23)14-7-3-2-4-8-14/h2-8,10,12,15H,9,11H2,1H3,(H,19,20)/t15-/m0/s1.